The van der Waals surface area contributed by atoms with E-state index in [0.717, 1.165) is 19.6 Å². The van der Waals surface area contributed by atoms with Gasteiger partial charge in [-0.1, -0.05) is 38.8 Å². The van der Waals surface area contributed by atoms with E-state index in [0.29, 0.717) is 12.0 Å². The summed E-state index contributed by atoms with van der Waals surface area (Å²) in [4.78, 5) is 0. The van der Waals surface area contributed by atoms with Crippen molar-refractivity contribution < 1.29 is 9.13 Å². The number of benzene rings is 1. The minimum absolute atomic E-state index is 0.175. The molecule has 0 spiro atoms. The molecule has 0 heterocycles. The molecule has 1 aromatic rings. The van der Waals surface area contributed by atoms with E-state index in [1.54, 1.807) is 7.11 Å². The summed E-state index contributed by atoms with van der Waals surface area (Å²) >= 11 is 0. The fourth-order valence-corrected chi connectivity index (χ4v) is 2.18. The fourth-order valence-electron chi connectivity index (χ4n) is 2.18. The van der Waals surface area contributed by atoms with Gasteiger partial charge in [0.05, 0.1) is 0 Å². The van der Waals surface area contributed by atoms with Crippen molar-refractivity contribution in [1.29, 1.82) is 0 Å². The van der Waals surface area contributed by atoms with E-state index in [1.165, 1.54) is 30.5 Å². The second kappa shape index (κ2) is 9.05. The molecule has 0 saturated heterocycles. The van der Waals surface area contributed by atoms with Crippen molar-refractivity contribution in [1.82, 2.24) is 5.32 Å². The van der Waals surface area contributed by atoms with Crippen LogP contribution in [0.4, 0.5) is 4.39 Å². The summed E-state index contributed by atoms with van der Waals surface area (Å²) in [6.45, 7) is 6.03. The van der Waals surface area contributed by atoms with Crippen LogP contribution in [0.1, 0.15) is 44.7 Å². The van der Waals surface area contributed by atoms with E-state index < -0.39 is 0 Å². The maximum absolute atomic E-state index is 13.0. The molecule has 2 nitrogen and oxygen atoms in total. The Bertz CT molecular complexity index is 339. The molecule has 0 aliphatic heterocycles. The van der Waals surface area contributed by atoms with Gasteiger partial charge in [0.15, 0.2) is 0 Å². The Labute approximate surface area is 116 Å². The van der Waals surface area contributed by atoms with Crippen molar-refractivity contribution >= 4 is 0 Å². The average molecular weight is 267 g/mol. The number of hydrogen-bond donors (Lipinski definition) is 1. The van der Waals surface area contributed by atoms with Crippen LogP contribution in [0.5, 0.6) is 0 Å². The summed E-state index contributed by atoms with van der Waals surface area (Å²) in [5, 5.41) is 3.57. The van der Waals surface area contributed by atoms with Crippen molar-refractivity contribution in [3.05, 3.63) is 35.6 Å². The summed E-state index contributed by atoms with van der Waals surface area (Å²) < 4.78 is 18.1. The lowest BCUT2D eigenvalue weighted by atomic mass is 10.0. The molecule has 19 heavy (non-hydrogen) atoms. The molecule has 0 aliphatic rings. The number of methoxy groups -OCH3 is 1. The minimum atomic E-state index is -0.175. The third-order valence-electron chi connectivity index (χ3n) is 3.28. The third kappa shape index (κ3) is 6.17. The Balaban J connectivity index is 2.58. The van der Waals surface area contributed by atoms with Crippen molar-refractivity contribution in [2.75, 3.05) is 20.3 Å². The Kier molecular flexibility index (Phi) is 7.68. The van der Waals surface area contributed by atoms with Gasteiger partial charge < -0.3 is 10.1 Å². The molecule has 2 atom stereocenters. The molecule has 0 aliphatic carbocycles. The van der Waals surface area contributed by atoms with Gasteiger partial charge in [0, 0.05) is 26.3 Å². The smallest absolute Gasteiger partial charge is 0.123 e. The van der Waals surface area contributed by atoms with Gasteiger partial charge in [-0.2, -0.15) is 0 Å². The predicted octanol–water partition coefficient (Wildman–Crippen LogP) is 3.93. The molecule has 108 valence electrons. The minimum Gasteiger partial charge on any atom is -0.384 e. The summed E-state index contributed by atoms with van der Waals surface area (Å²) in [5.74, 6) is 0.306. The number of rotatable bonds is 9. The third-order valence-corrected chi connectivity index (χ3v) is 3.28. The maximum atomic E-state index is 13.0. The second-order valence-corrected chi connectivity index (χ2v) is 5.22. The predicted molar refractivity (Wildman–Crippen MR) is 77.7 cm³/mol. The fraction of sp³-hybridized carbons (Fsp3) is 0.625. The molecule has 0 radical (unpaired) electrons. The standard InChI is InChI=1S/C16H26FNO/c1-4-5-6-16(18-11-13(2)12-19-3)14-7-9-15(17)10-8-14/h7-10,13,16,18H,4-6,11-12H2,1-3H3. The normalized spacial score (nSPS) is 14.3. The van der Waals surface area contributed by atoms with E-state index in [9.17, 15) is 4.39 Å². The number of ether oxygens (including phenoxy) is 1. The van der Waals surface area contributed by atoms with Crippen LogP contribution in [0.25, 0.3) is 0 Å². The van der Waals surface area contributed by atoms with Crippen LogP contribution in [0.15, 0.2) is 24.3 Å². The highest BCUT2D eigenvalue weighted by molar-refractivity contribution is 5.19. The summed E-state index contributed by atoms with van der Waals surface area (Å²) in [5.41, 5.74) is 1.17. The van der Waals surface area contributed by atoms with Gasteiger partial charge in [0.2, 0.25) is 0 Å². The first-order chi connectivity index (χ1) is 9.17. The molecule has 1 aromatic carbocycles. The molecule has 0 fully saturated rings. The Hall–Kier alpha value is -0.930. The Morgan fingerprint density at radius 1 is 1.26 bits per heavy atom. The SMILES string of the molecule is CCCCC(NCC(C)COC)c1ccc(F)cc1. The average Bonchev–Trinajstić information content (AvgIpc) is 2.40. The molecule has 0 aromatic heterocycles. The monoisotopic (exact) mass is 267 g/mol. The quantitative estimate of drug-likeness (QED) is 0.732. The van der Waals surface area contributed by atoms with Crippen LogP contribution in [0, 0.1) is 11.7 Å². The van der Waals surface area contributed by atoms with Crippen LogP contribution >= 0.6 is 0 Å². The van der Waals surface area contributed by atoms with E-state index >= 15 is 0 Å². The van der Waals surface area contributed by atoms with Gasteiger partial charge in [-0.15, -0.1) is 0 Å². The van der Waals surface area contributed by atoms with Gasteiger partial charge in [0.25, 0.3) is 0 Å². The Morgan fingerprint density at radius 3 is 2.53 bits per heavy atom. The summed E-state index contributed by atoms with van der Waals surface area (Å²) in [6, 6.07) is 7.14. The summed E-state index contributed by atoms with van der Waals surface area (Å²) in [6.07, 6.45) is 3.43. The summed E-state index contributed by atoms with van der Waals surface area (Å²) in [7, 11) is 1.73. The Morgan fingerprint density at radius 2 is 1.95 bits per heavy atom. The largest absolute Gasteiger partial charge is 0.384 e. The molecule has 0 amide bonds. The first-order valence-corrected chi connectivity index (χ1v) is 7.15. The molecule has 0 saturated carbocycles. The lowest BCUT2D eigenvalue weighted by Gasteiger charge is -2.21. The lowest BCUT2D eigenvalue weighted by molar-refractivity contribution is 0.156. The number of unbranched alkanes of at least 4 members (excludes halogenated alkanes) is 1. The van der Waals surface area contributed by atoms with Crippen LogP contribution in [0.3, 0.4) is 0 Å². The van der Waals surface area contributed by atoms with Gasteiger partial charge >= 0.3 is 0 Å². The number of nitrogens with one attached hydrogen (secondary N) is 1. The van der Waals surface area contributed by atoms with E-state index in [2.05, 4.69) is 19.2 Å². The zero-order valence-electron chi connectivity index (χ0n) is 12.3. The zero-order valence-corrected chi connectivity index (χ0v) is 12.3. The molecular formula is C16H26FNO. The van der Waals surface area contributed by atoms with E-state index in [-0.39, 0.29) is 5.82 Å². The van der Waals surface area contributed by atoms with Gasteiger partial charge in [-0.3, -0.25) is 0 Å². The van der Waals surface area contributed by atoms with Crippen LogP contribution in [-0.2, 0) is 4.74 Å². The van der Waals surface area contributed by atoms with Crippen LogP contribution < -0.4 is 5.32 Å². The van der Waals surface area contributed by atoms with Crippen LogP contribution in [0.2, 0.25) is 0 Å². The highest BCUT2D eigenvalue weighted by Gasteiger charge is 2.12. The highest BCUT2D eigenvalue weighted by atomic mass is 19.1. The van der Waals surface area contributed by atoms with Crippen molar-refractivity contribution in [3.63, 3.8) is 0 Å². The van der Waals surface area contributed by atoms with E-state index in [4.69, 9.17) is 4.74 Å². The number of hydrogen-bond acceptors (Lipinski definition) is 2. The van der Waals surface area contributed by atoms with Gasteiger partial charge in [-0.25, -0.2) is 4.39 Å². The zero-order chi connectivity index (χ0) is 14.1. The molecule has 3 heteroatoms. The maximum Gasteiger partial charge on any atom is 0.123 e. The second-order valence-electron chi connectivity index (χ2n) is 5.22. The first kappa shape index (κ1) is 16.1. The lowest BCUT2D eigenvalue weighted by Crippen LogP contribution is -2.28. The van der Waals surface area contributed by atoms with Gasteiger partial charge in [-0.05, 0) is 30.0 Å². The van der Waals surface area contributed by atoms with Crippen molar-refractivity contribution in [2.45, 2.75) is 39.2 Å². The number of halogens is 1. The molecule has 2 unspecified atom stereocenters. The first-order valence-electron chi connectivity index (χ1n) is 7.15. The van der Waals surface area contributed by atoms with E-state index in [1.807, 2.05) is 12.1 Å². The molecule has 0 bridgehead atoms. The molecule has 1 rings (SSSR count). The molecular weight excluding hydrogens is 241 g/mol. The molecule has 1 N–H and O–H groups in total. The van der Waals surface area contributed by atoms with Crippen LogP contribution in [-0.4, -0.2) is 20.3 Å². The topological polar surface area (TPSA) is 21.3 Å². The highest BCUT2D eigenvalue weighted by Crippen LogP contribution is 2.20. The van der Waals surface area contributed by atoms with Crippen molar-refractivity contribution in [3.8, 4) is 0 Å². The van der Waals surface area contributed by atoms with Crippen molar-refractivity contribution in [2.24, 2.45) is 5.92 Å². The van der Waals surface area contributed by atoms with Gasteiger partial charge in [0.1, 0.15) is 5.82 Å².